The van der Waals surface area contributed by atoms with Gasteiger partial charge in [0.05, 0.1) is 0 Å². The highest BCUT2D eigenvalue weighted by atomic mass is 15.1. The van der Waals surface area contributed by atoms with E-state index in [2.05, 4.69) is 18.9 Å². The van der Waals surface area contributed by atoms with Crippen LogP contribution < -0.4 is 0 Å². The first-order valence-electron chi connectivity index (χ1n) is 7.51. The van der Waals surface area contributed by atoms with Crippen molar-refractivity contribution in [2.45, 2.75) is 85.6 Å². The summed E-state index contributed by atoms with van der Waals surface area (Å²) in [6.07, 6.45) is 10.1. The van der Waals surface area contributed by atoms with Gasteiger partial charge in [-0.25, -0.2) is 0 Å². The molecule has 1 fully saturated rings. The van der Waals surface area contributed by atoms with Crippen LogP contribution in [0.25, 0.3) is 0 Å². The van der Waals surface area contributed by atoms with Crippen molar-refractivity contribution in [3.63, 3.8) is 0 Å². The van der Waals surface area contributed by atoms with E-state index >= 15 is 0 Å². The van der Waals surface area contributed by atoms with Crippen LogP contribution in [-0.4, -0.2) is 24.5 Å². The molecule has 0 bridgehead atoms. The third-order valence-electron chi connectivity index (χ3n) is 3.14. The van der Waals surface area contributed by atoms with E-state index in [0.29, 0.717) is 0 Å². The summed E-state index contributed by atoms with van der Waals surface area (Å²) in [4.78, 5) is 2.52. The van der Waals surface area contributed by atoms with Crippen molar-refractivity contribution in [2.24, 2.45) is 0 Å². The van der Waals surface area contributed by atoms with Crippen molar-refractivity contribution in [1.82, 2.24) is 4.90 Å². The summed E-state index contributed by atoms with van der Waals surface area (Å²) in [5, 5.41) is 0. The number of hydrogen-bond acceptors (Lipinski definition) is 1. The van der Waals surface area contributed by atoms with Gasteiger partial charge in [0.1, 0.15) is 0 Å². The fraction of sp³-hybridized carbons (Fsp3) is 1.00. The van der Waals surface area contributed by atoms with E-state index in [-0.39, 0.29) is 0 Å². The Hall–Kier alpha value is -0.0400. The Labute approximate surface area is 105 Å². The minimum absolute atomic E-state index is 0.808. The standard InChI is InChI=1S/C11H23N.2C2H6/c1-11-9-7-5-3-4-6-8-10-12(11)2;2*1-2/h11H,3-10H2,1-2H3;2*1-2H3. The second kappa shape index (κ2) is 15.0. The van der Waals surface area contributed by atoms with E-state index in [1.807, 2.05) is 27.7 Å². The molecule has 1 nitrogen and oxygen atoms in total. The van der Waals surface area contributed by atoms with Gasteiger partial charge in [0, 0.05) is 6.04 Å². The molecule has 0 aromatic rings. The number of hydrogen-bond donors (Lipinski definition) is 0. The summed E-state index contributed by atoms with van der Waals surface area (Å²) in [7, 11) is 2.27. The Morgan fingerprint density at radius 1 is 0.750 bits per heavy atom. The van der Waals surface area contributed by atoms with Gasteiger partial charge in [0.2, 0.25) is 0 Å². The quantitative estimate of drug-likeness (QED) is 0.558. The predicted molar refractivity (Wildman–Crippen MR) is 77.1 cm³/mol. The van der Waals surface area contributed by atoms with Gasteiger partial charge >= 0.3 is 0 Å². The molecule has 1 atom stereocenters. The highest BCUT2D eigenvalue weighted by Gasteiger charge is 2.09. The third-order valence-corrected chi connectivity index (χ3v) is 3.14. The average molecular weight is 229 g/mol. The SMILES string of the molecule is CC.CC.CC1CCCCCCCCN1C. The molecular weight excluding hydrogens is 194 g/mol. The molecule has 1 rings (SSSR count). The lowest BCUT2D eigenvalue weighted by Gasteiger charge is -2.25. The second-order valence-electron chi connectivity index (χ2n) is 4.24. The zero-order valence-corrected chi connectivity index (χ0v) is 12.7. The molecule has 0 saturated carbocycles. The predicted octanol–water partition coefficient (Wildman–Crippen LogP) is 5.10. The molecule has 0 radical (unpaired) electrons. The van der Waals surface area contributed by atoms with Crippen molar-refractivity contribution < 1.29 is 0 Å². The largest absolute Gasteiger partial charge is 0.304 e. The van der Waals surface area contributed by atoms with Crippen LogP contribution >= 0.6 is 0 Å². The van der Waals surface area contributed by atoms with Crippen LogP contribution in [0.2, 0.25) is 0 Å². The van der Waals surface area contributed by atoms with E-state index in [4.69, 9.17) is 0 Å². The van der Waals surface area contributed by atoms with Crippen LogP contribution in [0.4, 0.5) is 0 Å². The van der Waals surface area contributed by atoms with Gasteiger partial charge in [-0.05, 0) is 33.4 Å². The Morgan fingerprint density at radius 3 is 1.75 bits per heavy atom. The average Bonchev–Trinajstić information content (AvgIpc) is 2.36. The highest BCUT2D eigenvalue weighted by molar-refractivity contribution is 4.65. The van der Waals surface area contributed by atoms with Crippen molar-refractivity contribution in [3.05, 3.63) is 0 Å². The van der Waals surface area contributed by atoms with Crippen molar-refractivity contribution in [2.75, 3.05) is 13.6 Å². The smallest absolute Gasteiger partial charge is 0.00638 e. The molecule has 0 spiro atoms. The molecule has 1 aliphatic heterocycles. The maximum Gasteiger partial charge on any atom is 0.00638 e. The van der Waals surface area contributed by atoms with E-state index in [9.17, 15) is 0 Å². The lowest BCUT2D eigenvalue weighted by molar-refractivity contribution is 0.231. The van der Waals surface area contributed by atoms with Gasteiger partial charge in [-0.2, -0.15) is 0 Å². The van der Waals surface area contributed by atoms with Gasteiger partial charge in [0.15, 0.2) is 0 Å². The van der Waals surface area contributed by atoms with Crippen LogP contribution in [0.15, 0.2) is 0 Å². The molecule has 1 heterocycles. The minimum atomic E-state index is 0.808. The molecule has 0 aliphatic carbocycles. The molecule has 1 unspecified atom stereocenters. The molecular formula is C15H35N. The topological polar surface area (TPSA) is 3.24 Å². The summed E-state index contributed by atoms with van der Waals surface area (Å²) >= 11 is 0. The van der Waals surface area contributed by atoms with Crippen LogP contribution in [0.1, 0.15) is 79.6 Å². The van der Waals surface area contributed by atoms with Crippen molar-refractivity contribution in [3.8, 4) is 0 Å². The van der Waals surface area contributed by atoms with E-state index in [0.717, 1.165) is 6.04 Å². The zero-order valence-electron chi connectivity index (χ0n) is 12.7. The molecule has 1 aliphatic rings. The van der Waals surface area contributed by atoms with Crippen molar-refractivity contribution >= 4 is 0 Å². The first-order valence-corrected chi connectivity index (χ1v) is 7.51. The third kappa shape index (κ3) is 10.5. The summed E-state index contributed by atoms with van der Waals surface area (Å²) in [6.45, 7) is 11.7. The molecule has 0 N–H and O–H groups in total. The van der Waals surface area contributed by atoms with E-state index in [1.54, 1.807) is 0 Å². The normalized spacial score (nSPS) is 23.2. The monoisotopic (exact) mass is 229 g/mol. The molecule has 0 aromatic carbocycles. The first kappa shape index (κ1) is 18.3. The zero-order chi connectivity index (χ0) is 12.8. The Morgan fingerprint density at radius 2 is 1.19 bits per heavy atom. The number of nitrogens with zero attached hydrogens (tertiary/aromatic N) is 1. The van der Waals surface area contributed by atoms with E-state index in [1.165, 1.54) is 51.5 Å². The van der Waals surface area contributed by atoms with Crippen molar-refractivity contribution in [1.29, 1.82) is 0 Å². The molecule has 0 aromatic heterocycles. The summed E-state index contributed by atoms with van der Waals surface area (Å²) in [6, 6.07) is 0.808. The fourth-order valence-electron chi connectivity index (χ4n) is 1.95. The Bertz CT molecular complexity index is 98.0. The molecule has 0 amide bonds. The van der Waals surface area contributed by atoms with Gasteiger partial charge < -0.3 is 4.90 Å². The summed E-state index contributed by atoms with van der Waals surface area (Å²) in [5.74, 6) is 0. The summed E-state index contributed by atoms with van der Waals surface area (Å²) < 4.78 is 0. The Balaban J connectivity index is 0. The molecule has 100 valence electrons. The lowest BCUT2D eigenvalue weighted by Crippen LogP contribution is -2.30. The number of rotatable bonds is 0. The van der Waals surface area contributed by atoms with Gasteiger partial charge in [0.25, 0.3) is 0 Å². The van der Waals surface area contributed by atoms with E-state index < -0.39 is 0 Å². The van der Waals surface area contributed by atoms with Crippen LogP contribution in [0, 0.1) is 0 Å². The van der Waals surface area contributed by atoms with Crippen LogP contribution in [0.3, 0.4) is 0 Å². The molecule has 1 heteroatoms. The van der Waals surface area contributed by atoms with Gasteiger partial charge in [-0.15, -0.1) is 0 Å². The van der Waals surface area contributed by atoms with Gasteiger partial charge in [-0.1, -0.05) is 59.8 Å². The summed E-state index contributed by atoms with van der Waals surface area (Å²) in [5.41, 5.74) is 0. The first-order chi connectivity index (χ1) is 7.80. The molecule has 16 heavy (non-hydrogen) atoms. The molecule has 1 saturated heterocycles. The van der Waals surface area contributed by atoms with Crippen LogP contribution in [0.5, 0.6) is 0 Å². The fourth-order valence-corrected chi connectivity index (χ4v) is 1.95. The van der Waals surface area contributed by atoms with Crippen LogP contribution in [-0.2, 0) is 0 Å². The minimum Gasteiger partial charge on any atom is -0.304 e. The highest BCUT2D eigenvalue weighted by Crippen LogP contribution is 2.14. The maximum atomic E-state index is 2.52. The van der Waals surface area contributed by atoms with Gasteiger partial charge in [-0.3, -0.25) is 0 Å². The Kier molecular flexibility index (Phi) is 17.1. The maximum absolute atomic E-state index is 2.52. The second-order valence-corrected chi connectivity index (χ2v) is 4.24. The lowest BCUT2D eigenvalue weighted by atomic mass is 10.0.